The molecule has 1 nitrogen and oxygen atoms in total. The molecule has 7 aromatic carbocycles. The molecule has 1 heteroatoms. The molecule has 220 valence electrons. The van der Waals surface area contributed by atoms with Crippen molar-refractivity contribution < 1.29 is 4.42 Å². The molecule has 0 aliphatic heterocycles. The highest BCUT2D eigenvalue weighted by Crippen LogP contribution is 2.51. The summed E-state index contributed by atoms with van der Waals surface area (Å²) in [5, 5.41) is 7.30. The molecule has 8 aromatic rings. The van der Waals surface area contributed by atoms with E-state index in [2.05, 4.69) is 170 Å². The zero-order valence-corrected chi connectivity index (χ0v) is 25.7. The van der Waals surface area contributed by atoms with Crippen molar-refractivity contribution in [2.45, 2.75) is 5.92 Å². The lowest BCUT2D eigenvalue weighted by molar-refractivity contribution is 0.649. The van der Waals surface area contributed by atoms with E-state index in [9.17, 15) is 0 Å². The van der Waals surface area contributed by atoms with E-state index in [0.717, 1.165) is 27.5 Å². The quantitative estimate of drug-likeness (QED) is 0.197. The average molecular weight is 599 g/mol. The number of fused-ring (bicyclic) bond motifs is 7. The number of hydrogen-bond acceptors (Lipinski definition) is 1. The number of benzene rings is 7. The summed E-state index contributed by atoms with van der Waals surface area (Å²) in [7, 11) is 0. The lowest BCUT2D eigenvalue weighted by atomic mass is 9.66. The van der Waals surface area contributed by atoms with E-state index < -0.39 is 0 Å². The summed E-state index contributed by atoms with van der Waals surface area (Å²) >= 11 is 0. The molecule has 0 saturated carbocycles. The van der Waals surface area contributed by atoms with E-state index in [0.29, 0.717) is 0 Å². The van der Waals surface area contributed by atoms with Gasteiger partial charge < -0.3 is 4.42 Å². The zero-order valence-electron chi connectivity index (χ0n) is 25.7. The Balaban J connectivity index is 1.21. The molecule has 10 rings (SSSR count). The molecule has 0 spiro atoms. The van der Waals surface area contributed by atoms with E-state index in [4.69, 9.17) is 4.42 Å². The van der Waals surface area contributed by atoms with Crippen molar-refractivity contribution in [1.29, 1.82) is 0 Å². The van der Waals surface area contributed by atoms with Crippen molar-refractivity contribution in [3.63, 3.8) is 0 Å². The molecule has 2 aliphatic carbocycles. The topological polar surface area (TPSA) is 13.1 Å². The van der Waals surface area contributed by atoms with Crippen molar-refractivity contribution >= 4 is 49.1 Å². The molecule has 47 heavy (non-hydrogen) atoms. The van der Waals surface area contributed by atoms with Gasteiger partial charge in [-0.15, -0.1) is 0 Å². The Hall–Kier alpha value is -5.92. The van der Waals surface area contributed by atoms with Gasteiger partial charge in [0.15, 0.2) is 0 Å². The number of hydrogen-bond donors (Lipinski definition) is 0. The normalized spacial score (nSPS) is 17.1. The summed E-state index contributed by atoms with van der Waals surface area (Å²) in [6, 6.07) is 53.1. The fourth-order valence-electron chi connectivity index (χ4n) is 8.27. The zero-order chi connectivity index (χ0) is 30.9. The lowest BCUT2D eigenvalue weighted by Crippen LogP contribution is -2.23. The second kappa shape index (κ2) is 10.3. The number of furan rings is 1. The molecule has 0 bridgehead atoms. The first-order valence-corrected chi connectivity index (χ1v) is 16.4. The van der Waals surface area contributed by atoms with Crippen LogP contribution in [-0.2, 0) is 0 Å². The smallest absolute Gasteiger partial charge is 0.143 e. The summed E-state index contributed by atoms with van der Waals surface area (Å²) in [5.74, 6) is 0.375. The maximum absolute atomic E-state index is 6.64. The minimum absolute atomic E-state index is 0.169. The van der Waals surface area contributed by atoms with Crippen LogP contribution in [0.4, 0.5) is 0 Å². The number of para-hydroxylation sites is 1. The van der Waals surface area contributed by atoms with Crippen molar-refractivity contribution in [2.75, 3.05) is 0 Å². The van der Waals surface area contributed by atoms with Crippen molar-refractivity contribution in [3.05, 3.63) is 198 Å². The van der Waals surface area contributed by atoms with Crippen molar-refractivity contribution in [2.24, 2.45) is 5.92 Å². The monoisotopic (exact) mass is 598 g/mol. The highest BCUT2D eigenvalue weighted by Gasteiger charge is 2.36. The minimum atomic E-state index is 0.169. The van der Waals surface area contributed by atoms with Gasteiger partial charge in [0.1, 0.15) is 11.2 Å². The Morgan fingerprint density at radius 3 is 2.17 bits per heavy atom. The van der Waals surface area contributed by atoms with Gasteiger partial charge in [0.05, 0.1) is 0 Å². The Morgan fingerprint density at radius 2 is 1.23 bits per heavy atom. The summed E-state index contributed by atoms with van der Waals surface area (Å²) < 4.78 is 6.64. The summed E-state index contributed by atoms with van der Waals surface area (Å²) in [4.78, 5) is 0. The molecule has 2 aliphatic rings. The summed E-state index contributed by atoms with van der Waals surface area (Å²) in [6.07, 6.45) is 9.18. The number of rotatable bonds is 3. The van der Waals surface area contributed by atoms with Crippen LogP contribution in [0.2, 0.25) is 0 Å². The first kappa shape index (κ1) is 26.3. The Bertz CT molecular complexity index is 2640. The minimum Gasteiger partial charge on any atom is -0.455 e. The van der Waals surface area contributed by atoms with E-state index in [1.807, 2.05) is 0 Å². The van der Waals surface area contributed by atoms with Crippen LogP contribution >= 0.6 is 0 Å². The van der Waals surface area contributed by atoms with E-state index in [-0.39, 0.29) is 11.8 Å². The van der Waals surface area contributed by atoms with Crippen LogP contribution in [-0.4, -0.2) is 0 Å². The molecule has 0 radical (unpaired) electrons. The lowest BCUT2D eigenvalue weighted by Gasteiger charge is -2.37. The Morgan fingerprint density at radius 1 is 0.511 bits per heavy atom. The Kier molecular flexibility index (Phi) is 5.77. The van der Waals surface area contributed by atoms with Crippen LogP contribution in [0.1, 0.15) is 28.2 Å². The number of allylic oxidation sites excluding steroid dienone is 5. The first-order chi connectivity index (χ1) is 23.3. The predicted molar refractivity (Wildman–Crippen MR) is 197 cm³/mol. The maximum atomic E-state index is 6.64. The van der Waals surface area contributed by atoms with Gasteiger partial charge in [-0.1, -0.05) is 158 Å². The van der Waals surface area contributed by atoms with E-state index in [1.54, 1.807) is 0 Å². The molecule has 2 atom stereocenters. The predicted octanol–water partition coefficient (Wildman–Crippen LogP) is 12.2. The SMILES string of the molecule is C1=CC2=C(c3cccc4ccccc34)c3ccccc3C(c3cccc(-c4c5ccccc5cc5c4oc4ccccc45)c3)C2C=C1. The van der Waals surface area contributed by atoms with Crippen molar-refractivity contribution in [1.82, 2.24) is 0 Å². The summed E-state index contributed by atoms with van der Waals surface area (Å²) in [5.41, 5.74) is 12.2. The fraction of sp³-hybridized carbons (Fsp3) is 0.0435. The van der Waals surface area contributed by atoms with Crippen LogP contribution in [0.25, 0.3) is 60.2 Å². The Labute approximate surface area is 273 Å². The molecular weight excluding hydrogens is 569 g/mol. The second-order valence-corrected chi connectivity index (χ2v) is 12.8. The average Bonchev–Trinajstić information content (AvgIpc) is 3.50. The standard InChI is InChI=1S/C46H30O/c1-3-18-33-29(13-1)15-12-25-36(33)45-39-23-7-5-21-37(39)43(38-22-6-8-24-40(38)45)31-16-11-17-32(27-31)44-34-19-4-2-14-30(34)28-41-35-20-9-10-26-42(35)47-46(41)44/h1-28,37,43H. The van der Waals surface area contributed by atoms with Gasteiger partial charge in [-0.2, -0.15) is 0 Å². The second-order valence-electron chi connectivity index (χ2n) is 12.8. The molecule has 1 heterocycles. The highest BCUT2D eigenvalue weighted by molar-refractivity contribution is 6.18. The van der Waals surface area contributed by atoms with Crippen LogP contribution in [0.3, 0.4) is 0 Å². The molecule has 0 fully saturated rings. The van der Waals surface area contributed by atoms with E-state index >= 15 is 0 Å². The molecule has 2 unspecified atom stereocenters. The third-order valence-electron chi connectivity index (χ3n) is 10.3. The first-order valence-electron chi connectivity index (χ1n) is 16.4. The van der Waals surface area contributed by atoms with Gasteiger partial charge >= 0.3 is 0 Å². The molecule has 1 aromatic heterocycles. The maximum Gasteiger partial charge on any atom is 0.143 e. The van der Waals surface area contributed by atoms with Gasteiger partial charge in [0, 0.05) is 28.2 Å². The molecular formula is C46H30O. The van der Waals surface area contributed by atoms with Gasteiger partial charge in [0.25, 0.3) is 0 Å². The fourth-order valence-corrected chi connectivity index (χ4v) is 8.27. The third kappa shape index (κ3) is 3.96. The van der Waals surface area contributed by atoms with Gasteiger partial charge in [-0.05, 0) is 72.6 Å². The van der Waals surface area contributed by atoms with Crippen LogP contribution < -0.4 is 0 Å². The van der Waals surface area contributed by atoms with Gasteiger partial charge in [-0.3, -0.25) is 0 Å². The van der Waals surface area contributed by atoms with Crippen LogP contribution in [0, 0.1) is 5.92 Å². The van der Waals surface area contributed by atoms with Gasteiger partial charge in [0.2, 0.25) is 0 Å². The molecule has 0 amide bonds. The largest absolute Gasteiger partial charge is 0.455 e. The highest BCUT2D eigenvalue weighted by atomic mass is 16.3. The summed E-state index contributed by atoms with van der Waals surface area (Å²) in [6.45, 7) is 0. The van der Waals surface area contributed by atoms with Crippen LogP contribution in [0.5, 0.6) is 0 Å². The van der Waals surface area contributed by atoms with E-state index in [1.165, 1.54) is 60.5 Å². The molecule has 0 N–H and O–H groups in total. The van der Waals surface area contributed by atoms with Gasteiger partial charge in [-0.25, -0.2) is 0 Å². The van der Waals surface area contributed by atoms with Crippen molar-refractivity contribution in [3.8, 4) is 11.1 Å². The van der Waals surface area contributed by atoms with Crippen LogP contribution in [0.15, 0.2) is 180 Å². The third-order valence-corrected chi connectivity index (χ3v) is 10.3. The molecule has 0 saturated heterocycles.